The van der Waals surface area contributed by atoms with Crippen molar-refractivity contribution < 1.29 is 4.92 Å². The average molecular weight is 278 g/mol. The Morgan fingerprint density at radius 1 is 1.53 bits per heavy atom. The fraction of sp³-hybridized carbons (Fsp3) is 0.333. The molecule has 0 aliphatic heterocycles. The number of hydrogen-bond acceptors (Lipinski definition) is 6. The van der Waals surface area contributed by atoms with Crippen LogP contribution in [-0.2, 0) is 0 Å². The highest BCUT2D eigenvalue weighted by molar-refractivity contribution is 7.09. The second-order valence-corrected chi connectivity index (χ2v) is 5.19. The van der Waals surface area contributed by atoms with E-state index in [1.54, 1.807) is 24.5 Å². The summed E-state index contributed by atoms with van der Waals surface area (Å²) in [6, 6.07) is 1.52. The molecule has 0 saturated carbocycles. The van der Waals surface area contributed by atoms with Gasteiger partial charge in [-0.05, 0) is 12.5 Å². The van der Waals surface area contributed by atoms with E-state index in [9.17, 15) is 10.1 Å². The van der Waals surface area contributed by atoms with Gasteiger partial charge in [0.2, 0.25) is 0 Å². The van der Waals surface area contributed by atoms with Crippen LogP contribution >= 0.6 is 11.3 Å². The van der Waals surface area contributed by atoms with E-state index in [1.807, 2.05) is 5.38 Å². The summed E-state index contributed by atoms with van der Waals surface area (Å²) in [5, 5.41) is 16.8. The van der Waals surface area contributed by atoms with E-state index in [4.69, 9.17) is 0 Å². The van der Waals surface area contributed by atoms with E-state index >= 15 is 0 Å². The summed E-state index contributed by atoms with van der Waals surface area (Å²) < 4.78 is 0. The number of hydrogen-bond donors (Lipinski definition) is 1. The maximum Gasteiger partial charge on any atom is 0.287 e. The maximum absolute atomic E-state index is 10.6. The van der Waals surface area contributed by atoms with Crippen LogP contribution in [0.15, 0.2) is 23.8 Å². The Labute approximate surface area is 114 Å². The molecule has 0 fully saturated rings. The standard InChI is InChI=1S/C12H14N4O2S/c1-8-5-10(16(17)18)7-15-11(8)14-6-9(2)12-13-3-4-19-12/h3-5,7,9H,6H2,1-2H3,(H,14,15). The van der Waals surface area contributed by atoms with Gasteiger partial charge in [0, 0.05) is 30.1 Å². The third kappa shape index (κ3) is 3.25. The molecule has 0 amide bonds. The second kappa shape index (κ2) is 5.75. The number of aryl methyl sites for hydroxylation is 1. The minimum atomic E-state index is -0.442. The van der Waals surface area contributed by atoms with E-state index in [2.05, 4.69) is 22.2 Å². The van der Waals surface area contributed by atoms with Crippen molar-refractivity contribution >= 4 is 22.8 Å². The molecule has 2 rings (SSSR count). The van der Waals surface area contributed by atoms with Crippen molar-refractivity contribution in [2.75, 3.05) is 11.9 Å². The van der Waals surface area contributed by atoms with Crippen molar-refractivity contribution in [3.05, 3.63) is 44.5 Å². The molecule has 100 valence electrons. The summed E-state index contributed by atoms with van der Waals surface area (Å²) in [6.45, 7) is 4.57. The number of nitrogens with one attached hydrogen (secondary N) is 1. The van der Waals surface area contributed by atoms with Gasteiger partial charge in [0.25, 0.3) is 5.69 Å². The van der Waals surface area contributed by atoms with Gasteiger partial charge >= 0.3 is 0 Å². The highest BCUT2D eigenvalue weighted by Crippen LogP contribution is 2.21. The third-order valence-corrected chi connectivity index (χ3v) is 3.73. The molecule has 1 atom stereocenters. The highest BCUT2D eigenvalue weighted by atomic mass is 32.1. The van der Waals surface area contributed by atoms with Crippen molar-refractivity contribution in [2.45, 2.75) is 19.8 Å². The molecule has 2 heterocycles. The fourth-order valence-corrected chi connectivity index (χ4v) is 2.36. The molecule has 6 nitrogen and oxygen atoms in total. The average Bonchev–Trinajstić information content (AvgIpc) is 2.90. The first-order valence-electron chi connectivity index (χ1n) is 5.82. The Morgan fingerprint density at radius 2 is 2.32 bits per heavy atom. The zero-order valence-electron chi connectivity index (χ0n) is 10.7. The summed E-state index contributed by atoms with van der Waals surface area (Å²) in [6.07, 6.45) is 3.05. The summed E-state index contributed by atoms with van der Waals surface area (Å²) in [5.41, 5.74) is 0.775. The molecule has 0 aliphatic carbocycles. The zero-order valence-corrected chi connectivity index (χ0v) is 11.5. The number of nitrogens with zero attached hydrogens (tertiary/aromatic N) is 3. The Bertz CT molecular complexity index is 571. The number of thiazole rings is 1. The molecule has 2 aromatic heterocycles. The summed E-state index contributed by atoms with van der Waals surface area (Å²) in [7, 11) is 0. The van der Waals surface area contributed by atoms with Gasteiger partial charge in [-0.25, -0.2) is 9.97 Å². The Balaban J connectivity index is 2.02. The minimum absolute atomic E-state index is 0.0102. The lowest BCUT2D eigenvalue weighted by Crippen LogP contribution is -2.11. The molecule has 0 radical (unpaired) electrons. The molecular formula is C12H14N4O2S. The molecule has 7 heteroatoms. The predicted molar refractivity (Wildman–Crippen MR) is 74.6 cm³/mol. The first kappa shape index (κ1) is 13.4. The molecule has 19 heavy (non-hydrogen) atoms. The van der Waals surface area contributed by atoms with Gasteiger partial charge in [-0.3, -0.25) is 10.1 Å². The predicted octanol–water partition coefficient (Wildman–Crippen LogP) is 2.97. The molecule has 1 unspecified atom stereocenters. The van der Waals surface area contributed by atoms with Crippen LogP contribution in [0.4, 0.5) is 11.5 Å². The van der Waals surface area contributed by atoms with Gasteiger partial charge in [-0.2, -0.15) is 0 Å². The van der Waals surface area contributed by atoms with E-state index in [-0.39, 0.29) is 11.6 Å². The number of aromatic nitrogens is 2. The van der Waals surface area contributed by atoms with Crippen LogP contribution in [0.1, 0.15) is 23.4 Å². The topological polar surface area (TPSA) is 81.0 Å². The monoisotopic (exact) mass is 278 g/mol. The summed E-state index contributed by atoms with van der Waals surface area (Å²) in [4.78, 5) is 18.5. The molecule has 0 aliphatic rings. The van der Waals surface area contributed by atoms with Crippen molar-refractivity contribution in [1.82, 2.24) is 9.97 Å². The van der Waals surface area contributed by atoms with Gasteiger partial charge in [0.15, 0.2) is 0 Å². The van der Waals surface area contributed by atoms with Gasteiger partial charge < -0.3 is 5.32 Å². The number of rotatable bonds is 5. The molecule has 0 spiro atoms. The second-order valence-electron chi connectivity index (χ2n) is 4.27. The van der Waals surface area contributed by atoms with Crippen molar-refractivity contribution in [2.24, 2.45) is 0 Å². The van der Waals surface area contributed by atoms with Crippen LogP contribution in [0.3, 0.4) is 0 Å². The van der Waals surface area contributed by atoms with Gasteiger partial charge in [0.05, 0.1) is 9.93 Å². The van der Waals surface area contributed by atoms with Crippen molar-refractivity contribution in [3.63, 3.8) is 0 Å². The molecule has 1 N–H and O–H groups in total. The largest absolute Gasteiger partial charge is 0.369 e. The highest BCUT2D eigenvalue weighted by Gasteiger charge is 2.12. The molecular weight excluding hydrogens is 264 g/mol. The molecule has 0 bridgehead atoms. The van der Waals surface area contributed by atoms with Gasteiger partial charge in [0.1, 0.15) is 12.0 Å². The maximum atomic E-state index is 10.6. The molecule has 2 aromatic rings. The van der Waals surface area contributed by atoms with Crippen molar-refractivity contribution in [1.29, 1.82) is 0 Å². The zero-order chi connectivity index (χ0) is 13.8. The quantitative estimate of drug-likeness (QED) is 0.671. The Hall–Kier alpha value is -2.02. The first-order valence-corrected chi connectivity index (χ1v) is 6.70. The minimum Gasteiger partial charge on any atom is -0.369 e. The van der Waals surface area contributed by atoms with Crippen LogP contribution < -0.4 is 5.32 Å². The molecule has 0 saturated heterocycles. The third-order valence-electron chi connectivity index (χ3n) is 2.72. The smallest absolute Gasteiger partial charge is 0.287 e. The first-order chi connectivity index (χ1) is 9.08. The van der Waals surface area contributed by atoms with E-state index in [1.165, 1.54) is 12.3 Å². The lowest BCUT2D eigenvalue weighted by Gasteiger charge is -2.12. The molecule has 0 aromatic carbocycles. The summed E-state index contributed by atoms with van der Waals surface area (Å²) >= 11 is 1.62. The van der Waals surface area contributed by atoms with Crippen LogP contribution in [0.25, 0.3) is 0 Å². The van der Waals surface area contributed by atoms with E-state index < -0.39 is 4.92 Å². The van der Waals surface area contributed by atoms with Gasteiger partial charge in [-0.15, -0.1) is 11.3 Å². The Morgan fingerprint density at radius 3 is 2.89 bits per heavy atom. The van der Waals surface area contributed by atoms with Crippen LogP contribution in [0.2, 0.25) is 0 Å². The number of anilines is 1. The number of nitro groups is 1. The number of pyridine rings is 1. The summed E-state index contributed by atoms with van der Waals surface area (Å²) in [5.74, 6) is 0.949. The lowest BCUT2D eigenvalue weighted by molar-refractivity contribution is -0.385. The van der Waals surface area contributed by atoms with E-state index in [0.29, 0.717) is 12.4 Å². The normalized spacial score (nSPS) is 12.1. The SMILES string of the molecule is Cc1cc([N+](=O)[O-])cnc1NCC(C)c1nccs1. The fourth-order valence-electron chi connectivity index (χ4n) is 1.66. The van der Waals surface area contributed by atoms with Crippen LogP contribution in [-0.4, -0.2) is 21.4 Å². The lowest BCUT2D eigenvalue weighted by atomic mass is 10.2. The Kier molecular flexibility index (Phi) is 4.06. The van der Waals surface area contributed by atoms with Crippen LogP contribution in [0, 0.1) is 17.0 Å². The van der Waals surface area contributed by atoms with Crippen LogP contribution in [0.5, 0.6) is 0 Å². The van der Waals surface area contributed by atoms with Gasteiger partial charge in [-0.1, -0.05) is 6.92 Å². The van der Waals surface area contributed by atoms with Crippen molar-refractivity contribution in [3.8, 4) is 0 Å². The van der Waals surface area contributed by atoms with E-state index in [0.717, 1.165) is 10.6 Å².